The van der Waals surface area contributed by atoms with Gasteiger partial charge >= 0.3 is 0 Å². The first-order valence-corrected chi connectivity index (χ1v) is 9.30. The highest BCUT2D eigenvalue weighted by Crippen LogP contribution is 2.18. The molecule has 0 aliphatic heterocycles. The second kappa shape index (κ2) is 8.10. The van der Waals surface area contributed by atoms with Crippen molar-refractivity contribution >= 4 is 28.4 Å². The average molecular weight is 389 g/mol. The number of carbonyl (C=O) groups excluding carboxylic acids is 1. The van der Waals surface area contributed by atoms with E-state index in [1.165, 1.54) is 12.1 Å². The Hall–Kier alpha value is -3.74. The number of fused-ring (bicyclic) bond motifs is 1. The van der Waals surface area contributed by atoms with Crippen LogP contribution in [0.25, 0.3) is 10.9 Å². The van der Waals surface area contributed by atoms with Crippen molar-refractivity contribution in [3.63, 3.8) is 0 Å². The molecule has 0 aliphatic rings. The zero-order valence-electron chi connectivity index (χ0n) is 15.9. The maximum atomic E-state index is 13.1. The van der Waals surface area contributed by atoms with Crippen molar-refractivity contribution in [2.24, 2.45) is 0 Å². The monoisotopic (exact) mass is 389 g/mol. The fourth-order valence-corrected chi connectivity index (χ4v) is 3.14. The number of halogens is 1. The van der Waals surface area contributed by atoms with E-state index >= 15 is 0 Å². The molecule has 0 saturated heterocycles. The second-order valence-corrected chi connectivity index (χ2v) is 6.72. The van der Waals surface area contributed by atoms with Crippen LogP contribution in [0.4, 0.5) is 16.0 Å². The minimum Gasteiger partial charge on any atom is -0.361 e. The lowest BCUT2D eigenvalue weighted by atomic mass is 10.1. The van der Waals surface area contributed by atoms with Crippen LogP contribution in [0.5, 0.6) is 0 Å². The molecule has 4 aromatic rings. The summed E-state index contributed by atoms with van der Waals surface area (Å²) in [5.74, 6) is -0.299. The highest BCUT2D eigenvalue weighted by Gasteiger charge is 2.11. The number of rotatable bonds is 6. The van der Waals surface area contributed by atoms with Crippen molar-refractivity contribution in [1.82, 2.24) is 20.3 Å². The maximum absolute atomic E-state index is 13.1. The van der Waals surface area contributed by atoms with E-state index in [2.05, 4.69) is 31.7 Å². The molecule has 1 amide bonds. The molecule has 0 radical (unpaired) electrons. The Bertz CT molecular complexity index is 1150. The predicted molar refractivity (Wildman–Crippen MR) is 111 cm³/mol. The molecule has 2 aromatic carbocycles. The van der Waals surface area contributed by atoms with Crippen LogP contribution in [-0.4, -0.2) is 27.4 Å². The van der Waals surface area contributed by atoms with Gasteiger partial charge in [-0.05, 0) is 55.3 Å². The van der Waals surface area contributed by atoms with Crippen LogP contribution >= 0.6 is 0 Å². The Morgan fingerprint density at radius 3 is 2.72 bits per heavy atom. The third-order valence-electron chi connectivity index (χ3n) is 4.54. The standard InChI is InChI=1S/C22H20FN5O/c1-14-12-20(28-22(26-14)27-17-8-6-16(23)7-9-17)21(29)24-11-10-15-13-25-19-5-3-2-4-18(15)19/h2-9,12-13,25H,10-11H2,1H3,(H,24,29)(H,26,27,28). The number of anilines is 2. The van der Waals surface area contributed by atoms with Crippen LogP contribution in [0, 0.1) is 12.7 Å². The quantitative estimate of drug-likeness (QED) is 0.463. The lowest BCUT2D eigenvalue weighted by Gasteiger charge is -2.09. The van der Waals surface area contributed by atoms with Crippen LogP contribution in [0.15, 0.2) is 60.8 Å². The van der Waals surface area contributed by atoms with Gasteiger partial charge in [0.25, 0.3) is 5.91 Å². The lowest BCUT2D eigenvalue weighted by molar-refractivity contribution is 0.0949. The fraction of sp³-hybridized carbons (Fsp3) is 0.136. The summed E-state index contributed by atoms with van der Waals surface area (Å²) in [7, 11) is 0. The van der Waals surface area contributed by atoms with E-state index in [1.54, 1.807) is 25.1 Å². The molecule has 3 N–H and O–H groups in total. The van der Waals surface area contributed by atoms with E-state index in [4.69, 9.17) is 0 Å². The molecule has 0 atom stereocenters. The molecule has 146 valence electrons. The van der Waals surface area contributed by atoms with E-state index < -0.39 is 0 Å². The molecule has 6 nitrogen and oxygen atoms in total. The molecule has 2 aromatic heterocycles. The number of amides is 1. The van der Waals surface area contributed by atoms with Crippen molar-refractivity contribution in [3.8, 4) is 0 Å². The highest BCUT2D eigenvalue weighted by atomic mass is 19.1. The topological polar surface area (TPSA) is 82.7 Å². The molecule has 7 heteroatoms. The highest BCUT2D eigenvalue weighted by molar-refractivity contribution is 5.92. The van der Waals surface area contributed by atoms with E-state index in [1.807, 2.05) is 24.4 Å². The number of hydrogen-bond donors (Lipinski definition) is 3. The number of aromatic amines is 1. The number of hydrogen-bond acceptors (Lipinski definition) is 4. The molecule has 0 unspecified atom stereocenters. The van der Waals surface area contributed by atoms with Crippen LogP contribution in [0.1, 0.15) is 21.7 Å². The number of aryl methyl sites for hydroxylation is 1. The van der Waals surface area contributed by atoms with Crippen LogP contribution < -0.4 is 10.6 Å². The minimum absolute atomic E-state index is 0.266. The molecule has 4 rings (SSSR count). The van der Waals surface area contributed by atoms with E-state index in [-0.39, 0.29) is 17.4 Å². The van der Waals surface area contributed by atoms with E-state index in [9.17, 15) is 9.18 Å². The van der Waals surface area contributed by atoms with Crippen molar-refractivity contribution in [2.75, 3.05) is 11.9 Å². The Balaban J connectivity index is 1.41. The van der Waals surface area contributed by atoms with Gasteiger partial charge in [0, 0.05) is 35.0 Å². The molecule has 0 saturated carbocycles. The Morgan fingerprint density at radius 2 is 1.90 bits per heavy atom. The lowest BCUT2D eigenvalue weighted by Crippen LogP contribution is -2.27. The first-order valence-electron chi connectivity index (χ1n) is 9.30. The summed E-state index contributed by atoms with van der Waals surface area (Å²) in [6.07, 6.45) is 2.68. The number of nitrogens with one attached hydrogen (secondary N) is 3. The summed E-state index contributed by atoms with van der Waals surface area (Å²) in [5.41, 5.74) is 3.81. The Morgan fingerprint density at radius 1 is 1.10 bits per heavy atom. The third-order valence-corrected chi connectivity index (χ3v) is 4.54. The number of H-pyrrole nitrogens is 1. The third kappa shape index (κ3) is 4.40. The molecule has 2 heterocycles. The Labute approximate surface area is 167 Å². The summed E-state index contributed by atoms with van der Waals surface area (Å²) < 4.78 is 13.1. The number of benzene rings is 2. The Kier molecular flexibility index (Phi) is 5.20. The largest absolute Gasteiger partial charge is 0.361 e. The first kappa shape index (κ1) is 18.6. The summed E-state index contributed by atoms with van der Waals surface area (Å²) in [6, 6.07) is 15.6. The summed E-state index contributed by atoms with van der Waals surface area (Å²) in [5, 5.41) is 7.06. The van der Waals surface area contributed by atoms with Crippen molar-refractivity contribution < 1.29 is 9.18 Å². The van der Waals surface area contributed by atoms with Gasteiger partial charge in [-0.3, -0.25) is 4.79 Å². The van der Waals surface area contributed by atoms with Gasteiger partial charge in [0.05, 0.1) is 0 Å². The van der Waals surface area contributed by atoms with Gasteiger partial charge in [-0.2, -0.15) is 0 Å². The number of para-hydroxylation sites is 1. The summed E-state index contributed by atoms with van der Waals surface area (Å²) in [6.45, 7) is 2.28. The number of carbonyl (C=O) groups is 1. The maximum Gasteiger partial charge on any atom is 0.270 e. The molecule has 0 fully saturated rings. The van der Waals surface area contributed by atoms with Crippen molar-refractivity contribution in [3.05, 3.63) is 83.6 Å². The molecule has 0 bridgehead atoms. The summed E-state index contributed by atoms with van der Waals surface area (Å²) in [4.78, 5) is 24.4. The number of aromatic nitrogens is 3. The van der Waals surface area contributed by atoms with Gasteiger partial charge in [0.15, 0.2) is 0 Å². The van der Waals surface area contributed by atoms with Gasteiger partial charge in [0.2, 0.25) is 5.95 Å². The zero-order valence-corrected chi connectivity index (χ0v) is 15.9. The molecule has 29 heavy (non-hydrogen) atoms. The van der Waals surface area contributed by atoms with Crippen LogP contribution in [0.2, 0.25) is 0 Å². The molecular formula is C22H20FN5O. The van der Waals surface area contributed by atoms with Gasteiger partial charge in [-0.1, -0.05) is 18.2 Å². The number of nitrogens with zero attached hydrogens (tertiary/aromatic N) is 2. The van der Waals surface area contributed by atoms with E-state index in [0.717, 1.165) is 16.5 Å². The molecule has 0 aliphatic carbocycles. The average Bonchev–Trinajstić information content (AvgIpc) is 3.12. The van der Waals surface area contributed by atoms with Crippen LogP contribution in [-0.2, 0) is 6.42 Å². The zero-order chi connectivity index (χ0) is 20.2. The van der Waals surface area contributed by atoms with Gasteiger partial charge in [-0.15, -0.1) is 0 Å². The fourth-order valence-electron chi connectivity index (χ4n) is 3.14. The predicted octanol–water partition coefficient (Wildman–Crippen LogP) is 4.12. The van der Waals surface area contributed by atoms with Gasteiger partial charge < -0.3 is 15.6 Å². The normalized spacial score (nSPS) is 10.8. The summed E-state index contributed by atoms with van der Waals surface area (Å²) >= 11 is 0. The molecular weight excluding hydrogens is 369 g/mol. The SMILES string of the molecule is Cc1cc(C(=O)NCCc2c[nH]c3ccccc23)nc(Nc2ccc(F)cc2)n1. The van der Waals surface area contributed by atoms with Crippen LogP contribution in [0.3, 0.4) is 0 Å². The first-order chi connectivity index (χ1) is 14.1. The molecule has 0 spiro atoms. The van der Waals surface area contributed by atoms with Crippen molar-refractivity contribution in [1.29, 1.82) is 0 Å². The van der Waals surface area contributed by atoms with E-state index in [0.29, 0.717) is 30.3 Å². The smallest absolute Gasteiger partial charge is 0.270 e. The van der Waals surface area contributed by atoms with Crippen molar-refractivity contribution in [2.45, 2.75) is 13.3 Å². The minimum atomic E-state index is -0.323. The second-order valence-electron chi connectivity index (χ2n) is 6.72. The van der Waals surface area contributed by atoms with Gasteiger partial charge in [-0.25, -0.2) is 14.4 Å². The van der Waals surface area contributed by atoms with Gasteiger partial charge in [0.1, 0.15) is 11.5 Å².